The SMILES string of the molecule is CC.CC.CC=O.CNc1ccc(N)cc1.Cc1ccc2nc(C=O)[nH]c2c1. The van der Waals surface area contributed by atoms with E-state index in [0.29, 0.717) is 5.82 Å². The Balaban J connectivity index is 0. The van der Waals surface area contributed by atoms with Crippen molar-refractivity contribution in [2.45, 2.75) is 41.5 Å². The van der Waals surface area contributed by atoms with E-state index < -0.39 is 0 Å². The Kier molecular flexibility index (Phi) is 16.7. The first kappa shape index (κ1) is 27.1. The van der Waals surface area contributed by atoms with Crippen LogP contribution in [0.15, 0.2) is 42.5 Å². The number of fused-ring (bicyclic) bond motifs is 1. The Labute approximate surface area is 168 Å². The topological polar surface area (TPSA) is 101 Å². The van der Waals surface area contributed by atoms with E-state index >= 15 is 0 Å². The summed E-state index contributed by atoms with van der Waals surface area (Å²) in [7, 11) is 1.88. The Bertz CT molecular complexity index is 781. The Morgan fingerprint density at radius 1 is 1.00 bits per heavy atom. The van der Waals surface area contributed by atoms with Crippen LogP contribution in [0.2, 0.25) is 0 Å². The molecule has 0 aliphatic heterocycles. The van der Waals surface area contributed by atoms with Crippen LogP contribution in [-0.2, 0) is 4.79 Å². The number of aromatic amines is 1. The van der Waals surface area contributed by atoms with Crippen LogP contribution in [0, 0.1) is 6.92 Å². The van der Waals surface area contributed by atoms with Crippen molar-refractivity contribution < 1.29 is 9.59 Å². The van der Waals surface area contributed by atoms with Crippen molar-refractivity contribution >= 4 is 35.0 Å². The van der Waals surface area contributed by atoms with E-state index in [0.717, 1.165) is 40.5 Å². The lowest BCUT2D eigenvalue weighted by Crippen LogP contribution is -1.88. The first-order valence-electron chi connectivity index (χ1n) is 9.38. The second kappa shape index (κ2) is 17.3. The number of carbonyl (C=O) groups is 2. The summed E-state index contributed by atoms with van der Waals surface area (Å²) in [5.41, 5.74) is 10.2. The summed E-state index contributed by atoms with van der Waals surface area (Å²) in [5.74, 6) is 0.385. The number of hydrogen-bond donors (Lipinski definition) is 3. The van der Waals surface area contributed by atoms with Gasteiger partial charge < -0.3 is 20.8 Å². The van der Waals surface area contributed by atoms with Crippen LogP contribution in [0.25, 0.3) is 11.0 Å². The van der Waals surface area contributed by atoms with E-state index in [9.17, 15) is 4.79 Å². The molecular formula is C22H34N4O2. The molecule has 0 radical (unpaired) electrons. The van der Waals surface area contributed by atoms with E-state index in [4.69, 9.17) is 10.5 Å². The van der Waals surface area contributed by atoms with Gasteiger partial charge in [-0.05, 0) is 55.8 Å². The molecule has 1 heterocycles. The van der Waals surface area contributed by atoms with Crippen LogP contribution in [0.3, 0.4) is 0 Å². The molecule has 6 nitrogen and oxygen atoms in total. The van der Waals surface area contributed by atoms with Gasteiger partial charge >= 0.3 is 0 Å². The average Bonchev–Trinajstić information content (AvgIpc) is 3.15. The highest BCUT2D eigenvalue weighted by molar-refractivity contribution is 5.82. The molecule has 0 aliphatic rings. The molecule has 4 N–H and O–H groups in total. The second-order valence-corrected chi connectivity index (χ2v) is 4.87. The first-order valence-corrected chi connectivity index (χ1v) is 9.38. The third-order valence-corrected chi connectivity index (χ3v) is 2.97. The number of aromatic nitrogens is 2. The molecule has 2 aromatic carbocycles. The van der Waals surface area contributed by atoms with Crippen molar-refractivity contribution in [2.75, 3.05) is 18.1 Å². The van der Waals surface area contributed by atoms with Crippen molar-refractivity contribution in [1.29, 1.82) is 0 Å². The van der Waals surface area contributed by atoms with Crippen LogP contribution in [0.1, 0.15) is 50.8 Å². The molecule has 0 fully saturated rings. The fourth-order valence-corrected chi connectivity index (χ4v) is 1.85. The standard InChI is InChI=1S/C9H8N2O.C7H10N2.C2H4O.2C2H6/c1-6-2-3-7-8(4-6)11-9(5-12)10-7;1-9-7-4-2-6(8)3-5-7;1-2-3;2*1-2/h2-5H,1H3,(H,10,11);2-5,9H,8H2,1H3;2H,1H3;2*1-2H3. The average molecular weight is 387 g/mol. The molecule has 0 unspecified atom stereocenters. The summed E-state index contributed by atoms with van der Waals surface area (Å²) < 4.78 is 0. The number of nitrogens with two attached hydrogens (primary N) is 1. The van der Waals surface area contributed by atoms with Crippen LogP contribution in [-0.4, -0.2) is 29.6 Å². The number of hydrogen-bond acceptors (Lipinski definition) is 5. The molecule has 1 aromatic heterocycles. The summed E-state index contributed by atoms with van der Waals surface area (Å²) in [6, 6.07) is 13.4. The van der Waals surface area contributed by atoms with E-state index in [-0.39, 0.29) is 0 Å². The molecule has 0 saturated carbocycles. The lowest BCUT2D eigenvalue weighted by Gasteiger charge is -1.97. The minimum Gasteiger partial charge on any atom is -0.399 e. The quantitative estimate of drug-likeness (QED) is 0.412. The van der Waals surface area contributed by atoms with Gasteiger partial charge in [0.15, 0.2) is 12.1 Å². The molecule has 28 heavy (non-hydrogen) atoms. The van der Waals surface area contributed by atoms with Crippen molar-refractivity contribution in [3.8, 4) is 0 Å². The molecule has 0 bridgehead atoms. The highest BCUT2D eigenvalue weighted by Crippen LogP contribution is 2.12. The monoisotopic (exact) mass is 386 g/mol. The second-order valence-electron chi connectivity index (χ2n) is 4.87. The van der Waals surface area contributed by atoms with Gasteiger partial charge in [0, 0.05) is 18.4 Å². The van der Waals surface area contributed by atoms with Gasteiger partial charge in [-0.1, -0.05) is 33.8 Å². The summed E-state index contributed by atoms with van der Waals surface area (Å²) in [5, 5.41) is 3.00. The predicted molar refractivity (Wildman–Crippen MR) is 121 cm³/mol. The van der Waals surface area contributed by atoms with E-state index in [1.807, 2.05) is 84.1 Å². The summed E-state index contributed by atoms with van der Waals surface area (Å²) >= 11 is 0. The zero-order chi connectivity index (χ0) is 21.9. The number of anilines is 2. The molecule has 154 valence electrons. The Morgan fingerprint density at radius 2 is 1.54 bits per heavy atom. The molecular weight excluding hydrogens is 352 g/mol. The van der Waals surface area contributed by atoms with Gasteiger partial charge in [-0.15, -0.1) is 0 Å². The summed E-state index contributed by atoms with van der Waals surface area (Å²) in [6.07, 6.45) is 1.47. The van der Waals surface area contributed by atoms with E-state index in [2.05, 4.69) is 15.3 Å². The van der Waals surface area contributed by atoms with Crippen molar-refractivity contribution in [3.63, 3.8) is 0 Å². The highest BCUT2D eigenvalue weighted by atomic mass is 16.1. The maximum atomic E-state index is 10.4. The number of rotatable bonds is 2. The van der Waals surface area contributed by atoms with Gasteiger partial charge in [-0.2, -0.15) is 0 Å². The maximum absolute atomic E-state index is 10.4. The largest absolute Gasteiger partial charge is 0.399 e. The normalized spacial score (nSPS) is 8.25. The molecule has 3 aromatic rings. The number of carbonyl (C=O) groups excluding carboxylic acids is 2. The van der Waals surface area contributed by atoms with Crippen LogP contribution < -0.4 is 11.1 Å². The highest BCUT2D eigenvalue weighted by Gasteiger charge is 1.99. The van der Waals surface area contributed by atoms with E-state index in [1.165, 1.54) is 6.92 Å². The summed E-state index contributed by atoms with van der Waals surface area (Å²) in [6.45, 7) is 11.4. The lowest BCUT2D eigenvalue weighted by molar-refractivity contribution is -0.106. The minimum absolute atomic E-state index is 0.385. The fraction of sp³-hybridized carbons (Fsp3) is 0.318. The van der Waals surface area contributed by atoms with Gasteiger partial charge in [0.05, 0.1) is 11.0 Å². The van der Waals surface area contributed by atoms with E-state index in [1.54, 1.807) is 0 Å². The molecule has 0 amide bonds. The minimum atomic E-state index is 0.385. The Morgan fingerprint density at radius 3 is 2.00 bits per heavy atom. The number of aldehydes is 2. The number of aryl methyl sites for hydroxylation is 1. The van der Waals surface area contributed by atoms with Gasteiger partial charge in [-0.25, -0.2) is 4.98 Å². The molecule has 3 rings (SSSR count). The van der Waals surface area contributed by atoms with Gasteiger partial charge in [0.25, 0.3) is 0 Å². The number of imidazole rings is 1. The molecule has 0 saturated heterocycles. The van der Waals surface area contributed by atoms with Crippen LogP contribution >= 0.6 is 0 Å². The number of H-pyrrole nitrogens is 1. The molecule has 6 heteroatoms. The number of nitrogen functional groups attached to an aromatic ring is 1. The summed E-state index contributed by atoms with van der Waals surface area (Å²) in [4.78, 5) is 26.1. The van der Waals surface area contributed by atoms with Crippen molar-refractivity contribution in [2.24, 2.45) is 0 Å². The zero-order valence-electron chi connectivity index (χ0n) is 18.0. The molecule has 0 atom stereocenters. The third-order valence-electron chi connectivity index (χ3n) is 2.97. The number of nitrogens with zero attached hydrogens (tertiary/aromatic N) is 1. The Hall–Kier alpha value is -3.15. The van der Waals surface area contributed by atoms with Gasteiger partial charge in [0.1, 0.15) is 6.29 Å². The van der Waals surface area contributed by atoms with Crippen molar-refractivity contribution in [1.82, 2.24) is 9.97 Å². The third kappa shape index (κ3) is 10.8. The van der Waals surface area contributed by atoms with Crippen molar-refractivity contribution in [3.05, 3.63) is 53.9 Å². The predicted octanol–water partition coefficient (Wildman–Crippen LogP) is 5.25. The zero-order valence-corrected chi connectivity index (χ0v) is 18.0. The van der Waals surface area contributed by atoms with Gasteiger partial charge in [0.2, 0.25) is 0 Å². The molecule has 0 spiro atoms. The first-order chi connectivity index (χ1) is 13.5. The number of nitrogens with one attached hydrogen (secondary N) is 2. The maximum Gasteiger partial charge on any atom is 0.185 e. The lowest BCUT2D eigenvalue weighted by atomic mass is 10.2. The van der Waals surface area contributed by atoms with Gasteiger partial charge in [-0.3, -0.25) is 4.79 Å². The smallest absolute Gasteiger partial charge is 0.185 e. The number of benzene rings is 2. The fourth-order valence-electron chi connectivity index (χ4n) is 1.85. The van der Waals surface area contributed by atoms with Crippen LogP contribution in [0.4, 0.5) is 11.4 Å². The van der Waals surface area contributed by atoms with Crippen LogP contribution in [0.5, 0.6) is 0 Å². The molecule has 0 aliphatic carbocycles.